The van der Waals surface area contributed by atoms with Crippen LogP contribution in [0.5, 0.6) is 0 Å². The molecular weight excluding hydrogens is 374 g/mol. The summed E-state index contributed by atoms with van der Waals surface area (Å²) in [7, 11) is 0. The zero-order valence-electron chi connectivity index (χ0n) is 12.2. The van der Waals surface area contributed by atoms with Crippen molar-refractivity contribution in [2.45, 2.75) is 4.34 Å². The maximum Gasteiger partial charge on any atom is 0.271 e. The van der Waals surface area contributed by atoms with Crippen molar-refractivity contribution in [1.82, 2.24) is 10.2 Å². The number of nitrogens with zero attached hydrogens (tertiary/aromatic N) is 3. The summed E-state index contributed by atoms with van der Waals surface area (Å²) >= 11 is 8.46. The molecule has 0 fully saturated rings. The van der Waals surface area contributed by atoms with Crippen LogP contribution in [0.15, 0.2) is 35.2 Å². The van der Waals surface area contributed by atoms with E-state index < -0.39 is 4.92 Å². The van der Waals surface area contributed by atoms with Crippen LogP contribution in [0, 0.1) is 10.1 Å². The standard InChI is InChI=1S/C13H12ClN5O3S2/c1-2-5-15-12-17-18-13(24-12)23-7-11(20)16-10-6-8(19(21)22)3-4-9(10)14/h2-4,6H,1,5,7H2,(H,15,17)(H,16,20). The SMILES string of the molecule is C=CCNc1nnc(SCC(=O)Nc2cc([N+](=O)[O-])ccc2Cl)s1. The average Bonchev–Trinajstić information content (AvgIpc) is 3.00. The van der Waals surface area contributed by atoms with Crippen molar-refractivity contribution in [1.29, 1.82) is 0 Å². The second-order valence-electron chi connectivity index (χ2n) is 4.30. The number of nitro benzene ring substituents is 1. The maximum atomic E-state index is 12.0. The third-order valence-corrected chi connectivity index (χ3v) is 4.91. The van der Waals surface area contributed by atoms with Crippen LogP contribution in [0.1, 0.15) is 0 Å². The lowest BCUT2D eigenvalue weighted by Gasteiger charge is -2.06. The second-order valence-corrected chi connectivity index (χ2v) is 6.91. The molecule has 11 heteroatoms. The van der Waals surface area contributed by atoms with Crippen molar-refractivity contribution in [2.75, 3.05) is 22.9 Å². The molecule has 0 aliphatic carbocycles. The molecule has 0 aliphatic rings. The molecule has 0 atom stereocenters. The fourth-order valence-corrected chi connectivity index (χ4v) is 3.26. The summed E-state index contributed by atoms with van der Waals surface area (Å²) in [5.74, 6) is -0.270. The highest BCUT2D eigenvalue weighted by Crippen LogP contribution is 2.28. The molecule has 0 saturated carbocycles. The van der Waals surface area contributed by atoms with Crippen LogP contribution in [0.2, 0.25) is 5.02 Å². The van der Waals surface area contributed by atoms with Gasteiger partial charge in [-0.05, 0) is 6.07 Å². The van der Waals surface area contributed by atoms with Crippen LogP contribution in [0.25, 0.3) is 0 Å². The summed E-state index contributed by atoms with van der Waals surface area (Å²) < 4.78 is 0.627. The quantitative estimate of drug-likeness (QED) is 0.310. The van der Waals surface area contributed by atoms with Gasteiger partial charge in [-0.15, -0.1) is 16.8 Å². The number of halogens is 1. The third-order valence-electron chi connectivity index (χ3n) is 2.57. The van der Waals surface area contributed by atoms with E-state index in [1.807, 2.05) is 0 Å². The predicted molar refractivity (Wildman–Crippen MR) is 96.1 cm³/mol. The van der Waals surface area contributed by atoms with E-state index in [1.54, 1.807) is 6.08 Å². The van der Waals surface area contributed by atoms with Crippen LogP contribution in [-0.2, 0) is 4.79 Å². The summed E-state index contributed by atoms with van der Waals surface area (Å²) in [5, 5.41) is 25.0. The smallest absolute Gasteiger partial charge is 0.271 e. The minimum atomic E-state index is -0.556. The number of nitro groups is 1. The summed E-state index contributed by atoms with van der Waals surface area (Å²) in [6, 6.07) is 3.85. The molecule has 0 radical (unpaired) electrons. The Balaban J connectivity index is 1.91. The van der Waals surface area contributed by atoms with E-state index in [-0.39, 0.29) is 28.1 Å². The zero-order chi connectivity index (χ0) is 17.5. The van der Waals surface area contributed by atoms with Gasteiger partial charge in [0.2, 0.25) is 11.0 Å². The van der Waals surface area contributed by atoms with Crippen LogP contribution in [0.3, 0.4) is 0 Å². The van der Waals surface area contributed by atoms with Crippen molar-refractivity contribution < 1.29 is 9.72 Å². The molecule has 8 nitrogen and oxygen atoms in total. The van der Waals surface area contributed by atoms with Gasteiger partial charge in [0.1, 0.15) is 0 Å². The predicted octanol–water partition coefficient (Wildman–Crippen LogP) is 3.43. The first-order valence-corrected chi connectivity index (χ1v) is 8.72. The Kier molecular flexibility index (Phi) is 6.53. The Labute approximate surface area is 150 Å². The topological polar surface area (TPSA) is 110 Å². The minimum absolute atomic E-state index is 0.0785. The molecule has 1 heterocycles. The maximum absolute atomic E-state index is 12.0. The summed E-state index contributed by atoms with van der Waals surface area (Å²) in [6.07, 6.45) is 1.70. The van der Waals surface area contributed by atoms with E-state index in [0.717, 1.165) is 0 Å². The van der Waals surface area contributed by atoms with E-state index in [2.05, 4.69) is 27.4 Å². The molecular formula is C13H12ClN5O3S2. The summed E-state index contributed by atoms with van der Waals surface area (Å²) in [5.41, 5.74) is 0.0477. The normalized spacial score (nSPS) is 10.2. The van der Waals surface area contributed by atoms with E-state index in [9.17, 15) is 14.9 Å². The van der Waals surface area contributed by atoms with E-state index in [0.29, 0.717) is 16.0 Å². The molecule has 1 aromatic carbocycles. The number of carbonyl (C=O) groups is 1. The van der Waals surface area contributed by atoms with Crippen molar-refractivity contribution in [3.63, 3.8) is 0 Å². The van der Waals surface area contributed by atoms with Gasteiger partial charge in [-0.2, -0.15) is 0 Å². The van der Waals surface area contributed by atoms with Crippen molar-refractivity contribution in [2.24, 2.45) is 0 Å². The lowest BCUT2D eigenvalue weighted by molar-refractivity contribution is -0.384. The molecule has 2 rings (SSSR count). The minimum Gasteiger partial charge on any atom is -0.357 e. The second kappa shape index (κ2) is 8.62. The summed E-state index contributed by atoms with van der Waals surface area (Å²) in [6.45, 7) is 4.16. The molecule has 0 aliphatic heterocycles. The Bertz CT molecular complexity index is 768. The first kappa shape index (κ1) is 18.2. The Morgan fingerprint density at radius 1 is 1.50 bits per heavy atom. The fraction of sp³-hybridized carbons (Fsp3) is 0.154. The van der Waals surface area contributed by atoms with E-state index in [4.69, 9.17) is 11.6 Å². The highest BCUT2D eigenvalue weighted by Gasteiger charge is 2.13. The Morgan fingerprint density at radius 3 is 3.00 bits per heavy atom. The third kappa shape index (κ3) is 5.18. The Hall–Kier alpha value is -2.17. The number of non-ortho nitro benzene ring substituents is 1. The first-order chi connectivity index (χ1) is 11.5. The highest BCUT2D eigenvalue weighted by molar-refractivity contribution is 8.01. The van der Waals surface area contributed by atoms with E-state index in [1.165, 1.54) is 41.3 Å². The molecule has 2 N–H and O–H groups in total. The molecule has 1 aromatic heterocycles. The van der Waals surface area contributed by atoms with E-state index >= 15 is 0 Å². The van der Waals surface area contributed by atoms with Crippen molar-refractivity contribution in [3.8, 4) is 0 Å². The Morgan fingerprint density at radius 2 is 2.29 bits per heavy atom. The monoisotopic (exact) mass is 385 g/mol. The van der Waals surface area contributed by atoms with Gasteiger partial charge in [-0.1, -0.05) is 40.8 Å². The van der Waals surface area contributed by atoms with Gasteiger partial charge in [0, 0.05) is 18.7 Å². The molecule has 126 valence electrons. The van der Waals surface area contributed by atoms with Crippen LogP contribution < -0.4 is 10.6 Å². The van der Waals surface area contributed by atoms with Gasteiger partial charge >= 0.3 is 0 Å². The lowest BCUT2D eigenvalue weighted by atomic mass is 10.3. The molecule has 0 saturated heterocycles. The van der Waals surface area contributed by atoms with Gasteiger partial charge in [0.15, 0.2) is 4.34 Å². The average molecular weight is 386 g/mol. The highest BCUT2D eigenvalue weighted by atomic mass is 35.5. The van der Waals surface area contributed by atoms with Gasteiger partial charge in [-0.25, -0.2) is 0 Å². The van der Waals surface area contributed by atoms with Gasteiger partial charge in [0.25, 0.3) is 5.69 Å². The summed E-state index contributed by atoms with van der Waals surface area (Å²) in [4.78, 5) is 22.2. The number of benzene rings is 1. The molecule has 1 amide bonds. The number of aromatic nitrogens is 2. The number of anilines is 2. The van der Waals surface area contributed by atoms with Gasteiger partial charge in [-0.3, -0.25) is 14.9 Å². The van der Waals surface area contributed by atoms with Gasteiger partial charge in [0.05, 0.1) is 21.4 Å². The zero-order valence-corrected chi connectivity index (χ0v) is 14.6. The van der Waals surface area contributed by atoms with Crippen molar-refractivity contribution >= 4 is 57.1 Å². The number of rotatable bonds is 8. The number of hydrogen-bond acceptors (Lipinski definition) is 8. The largest absolute Gasteiger partial charge is 0.357 e. The molecule has 0 spiro atoms. The molecule has 24 heavy (non-hydrogen) atoms. The van der Waals surface area contributed by atoms with Crippen LogP contribution in [-0.4, -0.2) is 33.3 Å². The first-order valence-electron chi connectivity index (χ1n) is 6.54. The fourth-order valence-electron chi connectivity index (χ4n) is 1.54. The molecule has 2 aromatic rings. The number of amides is 1. The van der Waals surface area contributed by atoms with Crippen molar-refractivity contribution in [3.05, 3.63) is 46.0 Å². The molecule has 0 bridgehead atoms. The molecule has 0 unspecified atom stereocenters. The van der Waals surface area contributed by atoms with Gasteiger partial charge < -0.3 is 10.6 Å². The number of nitrogens with one attached hydrogen (secondary N) is 2. The number of thioether (sulfide) groups is 1. The number of carbonyl (C=O) groups excluding carboxylic acids is 1. The van der Waals surface area contributed by atoms with Crippen LogP contribution in [0.4, 0.5) is 16.5 Å². The lowest BCUT2D eigenvalue weighted by Crippen LogP contribution is -2.14. The van der Waals surface area contributed by atoms with Crippen LogP contribution >= 0.6 is 34.7 Å². The number of hydrogen-bond donors (Lipinski definition) is 2.